The Bertz CT molecular complexity index is 346. The van der Waals surface area contributed by atoms with Crippen molar-refractivity contribution >= 4 is 11.9 Å². The van der Waals surface area contributed by atoms with Crippen molar-refractivity contribution in [3.63, 3.8) is 0 Å². The van der Waals surface area contributed by atoms with Gasteiger partial charge < -0.3 is 14.6 Å². The molecule has 5 nitrogen and oxygen atoms in total. The van der Waals surface area contributed by atoms with E-state index in [1.54, 1.807) is 20.2 Å². The van der Waals surface area contributed by atoms with Crippen LogP contribution >= 0.6 is 0 Å². The second kappa shape index (κ2) is 5.95. The molecule has 1 amide bonds. The van der Waals surface area contributed by atoms with E-state index in [0.29, 0.717) is 13.2 Å². The number of nitrogens with one attached hydrogen (secondary N) is 1. The lowest BCUT2D eigenvalue weighted by atomic mass is 10.3. The molecular formula is C11H16N2O3. The zero-order chi connectivity index (χ0) is 12.0. The quantitative estimate of drug-likeness (QED) is 0.597. The van der Waals surface area contributed by atoms with Gasteiger partial charge in [-0.3, -0.25) is 9.59 Å². The third-order valence-electron chi connectivity index (χ3n) is 2.11. The van der Waals surface area contributed by atoms with Crippen LogP contribution in [0.1, 0.15) is 18.9 Å². The predicted octanol–water partition coefficient (Wildman–Crippen LogP) is 0.926. The zero-order valence-corrected chi connectivity index (χ0v) is 9.53. The van der Waals surface area contributed by atoms with Gasteiger partial charge in [-0.15, -0.1) is 0 Å². The molecule has 1 aromatic rings. The number of nitrogens with zero attached hydrogens (tertiary/aromatic N) is 1. The number of carbonyl (C=O) groups excluding carboxylic acids is 2. The third kappa shape index (κ3) is 3.76. The van der Waals surface area contributed by atoms with Gasteiger partial charge in [0.15, 0.2) is 0 Å². The van der Waals surface area contributed by atoms with Crippen molar-refractivity contribution in [2.24, 2.45) is 0 Å². The van der Waals surface area contributed by atoms with Crippen molar-refractivity contribution in [3.05, 3.63) is 24.0 Å². The summed E-state index contributed by atoms with van der Waals surface area (Å²) in [5.41, 5.74) is 1.000. The lowest BCUT2D eigenvalue weighted by molar-refractivity contribution is -0.148. The standard InChI is InChI=1S/C11H16N2O3/c1-3-16-11(15)6-10(14)13(2)8-9-4-5-12-7-9/h4-5,7,12H,3,6,8H2,1-2H3. The molecule has 0 spiro atoms. The van der Waals surface area contributed by atoms with E-state index in [1.807, 2.05) is 12.3 Å². The van der Waals surface area contributed by atoms with Crippen molar-refractivity contribution in [2.75, 3.05) is 13.7 Å². The predicted molar refractivity (Wildman–Crippen MR) is 58.5 cm³/mol. The molecule has 0 atom stereocenters. The first-order valence-electron chi connectivity index (χ1n) is 5.14. The molecule has 0 radical (unpaired) electrons. The summed E-state index contributed by atoms with van der Waals surface area (Å²) < 4.78 is 4.71. The van der Waals surface area contributed by atoms with Crippen molar-refractivity contribution in [2.45, 2.75) is 19.9 Å². The van der Waals surface area contributed by atoms with Crippen LogP contribution in [0.5, 0.6) is 0 Å². The molecule has 1 N–H and O–H groups in total. The summed E-state index contributed by atoms with van der Waals surface area (Å²) in [6.45, 7) is 2.50. The molecule has 0 saturated carbocycles. The van der Waals surface area contributed by atoms with Gasteiger partial charge >= 0.3 is 5.97 Å². The van der Waals surface area contributed by atoms with E-state index in [4.69, 9.17) is 4.74 Å². The summed E-state index contributed by atoms with van der Waals surface area (Å²) in [5.74, 6) is -0.715. The normalized spacial score (nSPS) is 9.88. The van der Waals surface area contributed by atoms with Crippen LogP contribution in [0.2, 0.25) is 0 Å². The Morgan fingerprint density at radius 2 is 2.25 bits per heavy atom. The second-order valence-corrected chi connectivity index (χ2v) is 3.45. The minimum absolute atomic E-state index is 0.200. The molecule has 88 valence electrons. The van der Waals surface area contributed by atoms with E-state index >= 15 is 0 Å². The lowest BCUT2D eigenvalue weighted by Gasteiger charge is -2.15. The SMILES string of the molecule is CCOC(=O)CC(=O)N(C)Cc1cc[nH]c1. The first kappa shape index (κ1) is 12.3. The van der Waals surface area contributed by atoms with Gasteiger partial charge in [0.1, 0.15) is 6.42 Å². The topological polar surface area (TPSA) is 62.4 Å². The molecule has 5 heteroatoms. The van der Waals surface area contributed by atoms with Crippen LogP contribution in [0.15, 0.2) is 18.5 Å². The van der Waals surface area contributed by atoms with Gasteiger partial charge in [-0.1, -0.05) is 0 Å². The molecule has 0 unspecified atom stereocenters. The van der Waals surface area contributed by atoms with Crippen LogP contribution in [0.4, 0.5) is 0 Å². The molecule has 1 rings (SSSR count). The van der Waals surface area contributed by atoms with E-state index in [-0.39, 0.29) is 12.3 Å². The van der Waals surface area contributed by atoms with Gasteiger partial charge in [-0.05, 0) is 18.6 Å². The smallest absolute Gasteiger partial charge is 0.315 e. The van der Waals surface area contributed by atoms with Crippen molar-refractivity contribution < 1.29 is 14.3 Å². The second-order valence-electron chi connectivity index (χ2n) is 3.45. The van der Waals surface area contributed by atoms with E-state index in [2.05, 4.69) is 4.98 Å². The molecule has 0 saturated heterocycles. The minimum Gasteiger partial charge on any atom is -0.466 e. The van der Waals surface area contributed by atoms with E-state index in [9.17, 15) is 9.59 Å². The summed E-state index contributed by atoms with van der Waals surface area (Å²) in [7, 11) is 1.66. The molecule has 0 aliphatic carbocycles. The highest BCUT2D eigenvalue weighted by atomic mass is 16.5. The van der Waals surface area contributed by atoms with Crippen molar-refractivity contribution in [1.29, 1.82) is 0 Å². The largest absolute Gasteiger partial charge is 0.466 e. The van der Waals surface area contributed by atoms with Crippen molar-refractivity contribution in [1.82, 2.24) is 9.88 Å². The van der Waals surface area contributed by atoms with Crippen LogP contribution < -0.4 is 0 Å². The van der Waals surface area contributed by atoms with Gasteiger partial charge in [-0.25, -0.2) is 0 Å². The molecule has 0 aliphatic heterocycles. The van der Waals surface area contributed by atoms with Gasteiger partial charge in [-0.2, -0.15) is 0 Å². The van der Waals surface area contributed by atoms with Gasteiger partial charge in [0, 0.05) is 26.0 Å². The molecule has 0 fully saturated rings. The fraction of sp³-hybridized carbons (Fsp3) is 0.455. The maximum Gasteiger partial charge on any atom is 0.315 e. The van der Waals surface area contributed by atoms with Gasteiger partial charge in [0.05, 0.1) is 6.61 Å². The number of carbonyl (C=O) groups is 2. The number of rotatable bonds is 5. The van der Waals surface area contributed by atoms with Crippen LogP contribution in [0, 0.1) is 0 Å². The van der Waals surface area contributed by atoms with E-state index in [1.165, 1.54) is 4.90 Å². The Morgan fingerprint density at radius 3 is 2.81 bits per heavy atom. The number of ether oxygens (including phenoxy) is 1. The minimum atomic E-state index is -0.478. The average molecular weight is 224 g/mol. The Hall–Kier alpha value is -1.78. The van der Waals surface area contributed by atoms with Crippen LogP contribution in [0.3, 0.4) is 0 Å². The van der Waals surface area contributed by atoms with Gasteiger partial charge in [0.2, 0.25) is 5.91 Å². The number of hydrogen-bond acceptors (Lipinski definition) is 3. The summed E-state index contributed by atoms with van der Waals surface area (Å²) in [6, 6.07) is 1.88. The van der Waals surface area contributed by atoms with E-state index < -0.39 is 5.97 Å². The summed E-state index contributed by atoms with van der Waals surface area (Å²) in [5, 5.41) is 0. The van der Waals surface area contributed by atoms with Gasteiger partial charge in [0.25, 0.3) is 0 Å². The molecule has 16 heavy (non-hydrogen) atoms. The molecule has 0 aromatic carbocycles. The average Bonchev–Trinajstić information content (AvgIpc) is 2.70. The number of amides is 1. The highest BCUT2D eigenvalue weighted by Gasteiger charge is 2.14. The highest BCUT2D eigenvalue weighted by Crippen LogP contribution is 2.03. The highest BCUT2D eigenvalue weighted by molar-refractivity contribution is 5.94. The molecule has 0 aliphatic rings. The fourth-order valence-electron chi connectivity index (χ4n) is 1.29. The molecule has 0 bridgehead atoms. The molecule has 1 aromatic heterocycles. The Balaban J connectivity index is 2.39. The lowest BCUT2D eigenvalue weighted by Crippen LogP contribution is -2.28. The Labute approximate surface area is 94.4 Å². The summed E-state index contributed by atoms with van der Waals surface area (Å²) in [4.78, 5) is 27.1. The summed E-state index contributed by atoms with van der Waals surface area (Å²) >= 11 is 0. The number of hydrogen-bond donors (Lipinski definition) is 1. The monoisotopic (exact) mass is 224 g/mol. The number of aromatic nitrogens is 1. The Kier molecular flexibility index (Phi) is 4.57. The first-order valence-corrected chi connectivity index (χ1v) is 5.14. The maximum absolute atomic E-state index is 11.6. The zero-order valence-electron chi connectivity index (χ0n) is 9.53. The van der Waals surface area contributed by atoms with Crippen LogP contribution in [-0.4, -0.2) is 35.4 Å². The Morgan fingerprint density at radius 1 is 1.50 bits per heavy atom. The van der Waals surface area contributed by atoms with Crippen molar-refractivity contribution in [3.8, 4) is 0 Å². The maximum atomic E-state index is 11.6. The molecule has 1 heterocycles. The molecular weight excluding hydrogens is 208 g/mol. The van der Waals surface area contributed by atoms with E-state index in [0.717, 1.165) is 5.56 Å². The van der Waals surface area contributed by atoms with Crippen LogP contribution in [0.25, 0.3) is 0 Å². The number of aromatic amines is 1. The fourth-order valence-corrected chi connectivity index (χ4v) is 1.29. The third-order valence-corrected chi connectivity index (χ3v) is 2.11. The number of esters is 1. The first-order chi connectivity index (χ1) is 7.63. The van der Waals surface area contributed by atoms with Crippen LogP contribution in [-0.2, 0) is 20.9 Å². The summed E-state index contributed by atoms with van der Waals surface area (Å²) in [6.07, 6.45) is 3.40. The number of H-pyrrole nitrogens is 1.